The number of alkyl halides is 3. The highest BCUT2D eigenvalue weighted by Gasteiger charge is 2.59. The number of hydrogen-bond acceptors (Lipinski definition) is 2. The molecule has 1 rings (SSSR count). The molecule has 0 aliphatic carbocycles. The number of methoxy groups -OCH3 is 1. The van der Waals surface area contributed by atoms with Crippen molar-refractivity contribution in [3.8, 4) is 0 Å². The van der Waals surface area contributed by atoms with Crippen molar-refractivity contribution in [1.29, 1.82) is 0 Å². The van der Waals surface area contributed by atoms with Crippen LogP contribution in [0.25, 0.3) is 0 Å². The van der Waals surface area contributed by atoms with E-state index in [1.54, 1.807) is 0 Å². The number of likely N-dealkylation sites (N-methyl/N-ethyl adjacent to an activating group) is 1. The van der Waals surface area contributed by atoms with Crippen LogP contribution in [-0.2, 0) is 4.74 Å². The van der Waals surface area contributed by atoms with Gasteiger partial charge in [0, 0.05) is 7.11 Å². The summed E-state index contributed by atoms with van der Waals surface area (Å²) < 4.78 is 42.9. The summed E-state index contributed by atoms with van der Waals surface area (Å²) in [5.41, 5.74) is -1.75. The van der Waals surface area contributed by atoms with Crippen LogP contribution in [0.1, 0.15) is 26.7 Å². The predicted molar refractivity (Wildman–Crippen MR) is 53.9 cm³/mol. The summed E-state index contributed by atoms with van der Waals surface area (Å²) in [5, 5.41) is 0. The average molecular weight is 227 g/mol. The summed E-state index contributed by atoms with van der Waals surface area (Å²) in [5.74, 6) is 0. The Kier molecular flexibility index (Phi) is 5.59. The van der Waals surface area contributed by atoms with E-state index in [1.807, 2.05) is 13.8 Å². The van der Waals surface area contributed by atoms with Crippen molar-refractivity contribution >= 4 is 0 Å². The number of nitrogens with zero attached hydrogens (tertiary/aromatic N) is 1. The summed E-state index contributed by atoms with van der Waals surface area (Å²) in [6.45, 7) is 4.22. The lowest BCUT2D eigenvalue weighted by Crippen LogP contribution is -2.56. The van der Waals surface area contributed by atoms with E-state index in [4.69, 9.17) is 0 Å². The van der Waals surface area contributed by atoms with Crippen LogP contribution in [-0.4, -0.2) is 43.9 Å². The summed E-state index contributed by atoms with van der Waals surface area (Å²) in [6, 6.07) is 0. The molecule has 0 saturated carbocycles. The molecule has 0 spiro atoms. The van der Waals surface area contributed by atoms with Gasteiger partial charge < -0.3 is 4.74 Å². The molecule has 1 fully saturated rings. The van der Waals surface area contributed by atoms with E-state index < -0.39 is 11.7 Å². The Balaban J connectivity index is 0.000000921. The molecule has 0 bridgehead atoms. The van der Waals surface area contributed by atoms with E-state index in [-0.39, 0.29) is 13.0 Å². The molecule has 0 aromatic rings. The molecule has 0 aromatic carbocycles. The van der Waals surface area contributed by atoms with Crippen LogP contribution in [0.15, 0.2) is 0 Å². The van der Waals surface area contributed by atoms with Gasteiger partial charge in [0.05, 0.1) is 6.61 Å². The van der Waals surface area contributed by atoms with Crippen LogP contribution < -0.4 is 0 Å². The molecule has 1 atom stereocenters. The van der Waals surface area contributed by atoms with E-state index in [2.05, 4.69) is 4.74 Å². The molecule has 0 amide bonds. The number of hydrogen-bond donors (Lipinski definition) is 0. The van der Waals surface area contributed by atoms with Gasteiger partial charge >= 0.3 is 6.18 Å². The number of rotatable bonds is 2. The van der Waals surface area contributed by atoms with Gasteiger partial charge in [-0.1, -0.05) is 13.8 Å². The zero-order valence-electron chi connectivity index (χ0n) is 9.82. The first-order chi connectivity index (χ1) is 6.94. The van der Waals surface area contributed by atoms with E-state index in [0.29, 0.717) is 13.0 Å². The van der Waals surface area contributed by atoms with Crippen molar-refractivity contribution in [3.63, 3.8) is 0 Å². The molecule has 15 heavy (non-hydrogen) atoms. The van der Waals surface area contributed by atoms with Crippen LogP contribution in [0.4, 0.5) is 13.2 Å². The van der Waals surface area contributed by atoms with Crippen molar-refractivity contribution in [2.75, 3.05) is 27.3 Å². The molecule has 1 unspecified atom stereocenters. The smallest absolute Gasteiger partial charge is 0.382 e. The zero-order chi connectivity index (χ0) is 12.1. The Morgan fingerprint density at radius 1 is 1.33 bits per heavy atom. The molecule has 92 valence electrons. The van der Waals surface area contributed by atoms with Crippen molar-refractivity contribution in [3.05, 3.63) is 0 Å². The van der Waals surface area contributed by atoms with Gasteiger partial charge in [-0.25, -0.2) is 0 Å². The third-order valence-electron chi connectivity index (χ3n) is 2.73. The van der Waals surface area contributed by atoms with Crippen molar-refractivity contribution in [2.45, 2.75) is 38.4 Å². The van der Waals surface area contributed by atoms with E-state index in [0.717, 1.165) is 0 Å². The minimum atomic E-state index is -4.20. The second kappa shape index (κ2) is 5.70. The fraction of sp³-hybridized carbons (Fsp3) is 1.00. The summed E-state index contributed by atoms with van der Waals surface area (Å²) >= 11 is 0. The first kappa shape index (κ1) is 14.7. The monoisotopic (exact) mass is 227 g/mol. The standard InChI is InChI=1S/C8H14F3NO.C2H6/c1-12-5-3-4-7(12,6-13-2)8(9,10)11;1-2/h3-6H2,1-2H3;1-2H3. The van der Waals surface area contributed by atoms with Gasteiger partial charge in [-0.3, -0.25) is 4.90 Å². The quantitative estimate of drug-likeness (QED) is 0.719. The van der Waals surface area contributed by atoms with E-state index in [1.165, 1.54) is 19.1 Å². The van der Waals surface area contributed by atoms with E-state index >= 15 is 0 Å². The van der Waals surface area contributed by atoms with Gasteiger partial charge in [0.2, 0.25) is 0 Å². The van der Waals surface area contributed by atoms with Crippen LogP contribution in [0.5, 0.6) is 0 Å². The average Bonchev–Trinajstić information content (AvgIpc) is 2.52. The van der Waals surface area contributed by atoms with Gasteiger partial charge in [-0.05, 0) is 26.4 Å². The summed E-state index contributed by atoms with van der Waals surface area (Å²) in [4.78, 5) is 1.34. The van der Waals surface area contributed by atoms with Gasteiger partial charge in [-0.15, -0.1) is 0 Å². The van der Waals surface area contributed by atoms with Gasteiger partial charge in [0.1, 0.15) is 5.54 Å². The molecular weight excluding hydrogens is 207 g/mol. The predicted octanol–water partition coefficient (Wildman–Crippen LogP) is 2.69. The topological polar surface area (TPSA) is 12.5 Å². The molecule has 5 heteroatoms. The Morgan fingerprint density at radius 3 is 2.13 bits per heavy atom. The van der Waals surface area contributed by atoms with Crippen molar-refractivity contribution in [1.82, 2.24) is 4.90 Å². The highest BCUT2D eigenvalue weighted by Crippen LogP contribution is 2.42. The fourth-order valence-corrected chi connectivity index (χ4v) is 1.87. The molecule has 1 heterocycles. The highest BCUT2D eigenvalue weighted by atomic mass is 19.4. The third kappa shape index (κ3) is 2.84. The lowest BCUT2D eigenvalue weighted by Gasteiger charge is -2.37. The van der Waals surface area contributed by atoms with Crippen LogP contribution in [0.2, 0.25) is 0 Å². The fourth-order valence-electron chi connectivity index (χ4n) is 1.87. The minimum Gasteiger partial charge on any atom is -0.382 e. The zero-order valence-corrected chi connectivity index (χ0v) is 9.82. The Morgan fingerprint density at radius 2 is 1.87 bits per heavy atom. The highest BCUT2D eigenvalue weighted by molar-refractivity contribution is 5.00. The maximum Gasteiger partial charge on any atom is 0.409 e. The SMILES string of the molecule is CC.COCC1(C(F)(F)F)CCCN1C. The lowest BCUT2D eigenvalue weighted by molar-refractivity contribution is -0.232. The summed E-state index contributed by atoms with van der Waals surface area (Å²) in [7, 11) is 2.80. The van der Waals surface area contributed by atoms with Crippen LogP contribution >= 0.6 is 0 Å². The van der Waals surface area contributed by atoms with E-state index in [9.17, 15) is 13.2 Å². The Labute approximate surface area is 89.4 Å². The van der Waals surface area contributed by atoms with Crippen molar-refractivity contribution < 1.29 is 17.9 Å². The molecule has 2 nitrogen and oxygen atoms in total. The number of likely N-dealkylation sites (tertiary alicyclic amines) is 1. The molecule has 0 N–H and O–H groups in total. The lowest BCUT2D eigenvalue weighted by atomic mass is 9.97. The molecule has 0 aromatic heterocycles. The largest absolute Gasteiger partial charge is 0.409 e. The molecule has 1 aliphatic heterocycles. The normalized spacial score (nSPS) is 27.4. The number of ether oxygens (including phenoxy) is 1. The molecule has 1 saturated heterocycles. The van der Waals surface area contributed by atoms with Gasteiger partial charge in [0.25, 0.3) is 0 Å². The van der Waals surface area contributed by atoms with Crippen molar-refractivity contribution in [2.24, 2.45) is 0 Å². The second-order valence-corrected chi connectivity index (χ2v) is 3.49. The first-order valence-electron chi connectivity index (χ1n) is 5.21. The summed E-state index contributed by atoms with van der Waals surface area (Å²) in [6.07, 6.45) is -3.48. The molecular formula is C10H20F3NO. The van der Waals surface area contributed by atoms with Crippen LogP contribution in [0.3, 0.4) is 0 Å². The maximum absolute atomic E-state index is 12.7. The van der Waals surface area contributed by atoms with Gasteiger partial charge in [0.15, 0.2) is 0 Å². The molecule has 1 aliphatic rings. The number of halogens is 3. The van der Waals surface area contributed by atoms with Gasteiger partial charge in [-0.2, -0.15) is 13.2 Å². The van der Waals surface area contributed by atoms with Crippen LogP contribution in [0, 0.1) is 0 Å². The Bertz CT molecular complexity index is 184. The third-order valence-corrected chi connectivity index (χ3v) is 2.73. The first-order valence-corrected chi connectivity index (χ1v) is 5.21. The molecule has 0 radical (unpaired) electrons. The second-order valence-electron chi connectivity index (χ2n) is 3.49. The minimum absolute atomic E-state index is 0.140. The Hall–Kier alpha value is -0.290. The maximum atomic E-state index is 12.7.